The Kier molecular flexibility index (Phi) is 8.42. The molecule has 3 rings (SSSR count). The van der Waals surface area contributed by atoms with Crippen LogP contribution >= 0.6 is 11.3 Å². The maximum absolute atomic E-state index is 15.1. The highest BCUT2D eigenvalue weighted by Crippen LogP contribution is 2.45. The van der Waals surface area contributed by atoms with E-state index in [1.807, 2.05) is 20.8 Å². The second-order valence-corrected chi connectivity index (χ2v) is 10.7. The van der Waals surface area contributed by atoms with Crippen molar-refractivity contribution in [3.05, 3.63) is 21.9 Å². The van der Waals surface area contributed by atoms with Gasteiger partial charge in [-0.1, -0.05) is 20.3 Å². The molecule has 1 aromatic rings. The predicted molar refractivity (Wildman–Crippen MR) is 122 cm³/mol. The van der Waals surface area contributed by atoms with Crippen molar-refractivity contribution < 1.29 is 33.7 Å². The monoisotopic (exact) mass is 483 g/mol. The quantitative estimate of drug-likeness (QED) is 0.487. The SMILES string of the molecule is Cc1nc(/C=C(\F)C2CC3OC3(C)CCCC(C)C(O)C(C)C(=O)CC(O)CC(=O)O2)cs1. The van der Waals surface area contributed by atoms with Crippen LogP contribution in [0.15, 0.2) is 11.2 Å². The number of ether oxygens (including phenoxy) is 2. The van der Waals surface area contributed by atoms with E-state index in [9.17, 15) is 19.8 Å². The van der Waals surface area contributed by atoms with Crippen LogP contribution in [0.1, 0.15) is 70.0 Å². The molecule has 7 unspecified atom stereocenters. The molecule has 7 nitrogen and oxygen atoms in total. The van der Waals surface area contributed by atoms with Crippen molar-refractivity contribution >= 4 is 29.2 Å². The number of rotatable bonds is 2. The molecule has 2 saturated heterocycles. The van der Waals surface area contributed by atoms with Gasteiger partial charge in [0.15, 0.2) is 6.10 Å². The third-order valence-corrected chi connectivity index (χ3v) is 7.53. The maximum atomic E-state index is 15.1. The Morgan fingerprint density at radius 1 is 1.30 bits per heavy atom. The number of hydrogen-bond donors (Lipinski definition) is 2. The number of epoxide rings is 1. The number of Topliss-reactive ketones (excluding diaryl/α,β-unsaturated/α-hetero) is 1. The molecule has 0 bridgehead atoms. The zero-order valence-electron chi connectivity index (χ0n) is 19.6. The van der Waals surface area contributed by atoms with Crippen LogP contribution in [-0.4, -0.2) is 57.0 Å². The number of thiazole rings is 1. The van der Waals surface area contributed by atoms with Gasteiger partial charge in [0.25, 0.3) is 0 Å². The summed E-state index contributed by atoms with van der Waals surface area (Å²) >= 11 is 1.39. The number of aliphatic hydroxyl groups is 2. The number of ketones is 1. The lowest BCUT2D eigenvalue weighted by Gasteiger charge is -2.25. The van der Waals surface area contributed by atoms with Crippen molar-refractivity contribution in [1.29, 1.82) is 0 Å². The molecule has 2 aliphatic heterocycles. The smallest absolute Gasteiger partial charge is 0.309 e. The maximum Gasteiger partial charge on any atom is 0.309 e. The number of fused-ring (bicyclic) bond motifs is 1. The van der Waals surface area contributed by atoms with Gasteiger partial charge in [0.05, 0.1) is 41.0 Å². The van der Waals surface area contributed by atoms with Crippen LogP contribution < -0.4 is 0 Å². The topological polar surface area (TPSA) is 109 Å². The summed E-state index contributed by atoms with van der Waals surface area (Å²) in [5.74, 6) is -2.51. The summed E-state index contributed by atoms with van der Waals surface area (Å²) in [6.45, 7) is 7.30. The van der Waals surface area contributed by atoms with Gasteiger partial charge in [0.2, 0.25) is 0 Å². The van der Waals surface area contributed by atoms with Gasteiger partial charge < -0.3 is 19.7 Å². The molecule has 3 heterocycles. The summed E-state index contributed by atoms with van der Waals surface area (Å²) in [6, 6.07) is 0. The number of halogens is 1. The van der Waals surface area contributed by atoms with E-state index in [1.165, 1.54) is 17.4 Å². The zero-order chi connectivity index (χ0) is 24.3. The fourth-order valence-electron chi connectivity index (χ4n) is 4.42. The zero-order valence-corrected chi connectivity index (χ0v) is 20.4. The van der Waals surface area contributed by atoms with Crippen LogP contribution in [0.3, 0.4) is 0 Å². The Balaban J connectivity index is 1.78. The first kappa shape index (κ1) is 25.9. The second kappa shape index (κ2) is 10.7. The fraction of sp³-hybridized carbons (Fsp3) is 0.708. The predicted octanol–water partition coefficient (Wildman–Crippen LogP) is 3.75. The summed E-state index contributed by atoms with van der Waals surface area (Å²) in [5.41, 5.74) is -0.00461. The third kappa shape index (κ3) is 6.91. The van der Waals surface area contributed by atoms with Gasteiger partial charge >= 0.3 is 5.97 Å². The van der Waals surface area contributed by atoms with E-state index in [0.29, 0.717) is 18.5 Å². The van der Waals surface area contributed by atoms with Crippen molar-refractivity contribution in [1.82, 2.24) is 4.98 Å². The van der Waals surface area contributed by atoms with Gasteiger partial charge in [-0.15, -0.1) is 11.3 Å². The molecule has 0 aromatic carbocycles. The molecule has 0 spiro atoms. The summed E-state index contributed by atoms with van der Waals surface area (Å²) < 4.78 is 26.4. The second-order valence-electron chi connectivity index (χ2n) is 9.63. The summed E-state index contributed by atoms with van der Waals surface area (Å²) in [7, 11) is 0. The minimum absolute atomic E-state index is 0.102. The average molecular weight is 484 g/mol. The number of carbonyl (C=O) groups excluding carboxylic acids is 2. The van der Waals surface area contributed by atoms with E-state index in [-0.39, 0.29) is 30.6 Å². The van der Waals surface area contributed by atoms with Gasteiger partial charge in [-0.2, -0.15) is 0 Å². The minimum Gasteiger partial charge on any atom is -0.455 e. The number of aliphatic hydroxyl groups excluding tert-OH is 2. The van der Waals surface area contributed by atoms with Crippen molar-refractivity contribution in [3.8, 4) is 0 Å². The molecule has 0 aliphatic carbocycles. The molecular formula is C24H34FNO6S. The van der Waals surface area contributed by atoms with Gasteiger partial charge in [-0.25, -0.2) is 9.37 Å². The third-order valence-electron chi connectivity index (χ3n) is 6.74. The first-order valence-corrected chi connectivity index (χ1v) is 12.4. The number of cyclic esters (lactones) is 1. The van der Waals surface area contributed by atoms with E-state index in [2.05, 4.69) is 4.98 Å². The summed E-state index contributed by atoms with van der Waals surface area (Å²) in [6.07, 6.45) is -0.636. The number of hydrogen-bond acceptors (Lipinski definition) is 8. The molecule has 33 heavy (non-hydrogen) atoms. The molecule has 9 heteroatoms. The molecule has 0 radical (unpaired) electrons. The van der Waals surface area contributed by atoms with Crippen LogP contribution in [0.5, 0.6) is 0 Å². The standard InChI is InChI=1S/C24H34FNO6S/c1-13-6-5-7-24(4)21(32-24)11-20(18(25)8-16-12-33-15(3)26-16)31-22(29)10-17(27)9-19(28)14(2)23(13)30/h8,12-14,17,20-21,23,27,30H,5-7,9-11H2,1-4H3/b18-8-. The van der Waals surface area contributed by atoms with Crippen molar-refractivity contribution in [2.24, 2.45) is 11.8 Å². The van der Waals surface area contributed by atoms with Gasteiger partial charge in [-0.3, -0.25) is 9.59 Å². The van der Waals surface area contributed by atoms with E-state index >= 15 is 4.39 Å². The summed E-state index contributed by atoms with van der Waals surface area (Å²) in [5, 5.41) is 23.3. The molecule has 1 aromatic heterocycles. The fourth-order valence-corrected chi connectivity index (χ4v) is 4.99. The van der Waals surface area contributed by atoms with Crippen molar-refractivity contribution in [2.75, 3.05) is 0 Å². The molecule has 7 atom stereocenters. The van der Waals surface area contributed by atoms with E-state index in [1.54, 1.807) is 12.3 Å². The Morgan fingerprint density at radius 3 is 2.70 bits per heavy atom. The lowest BCUT2D eigenvalue weighted by Crippen LogP contribution is -2.34. The Labute approximate surface area is 198 Å². The van der Waals surface area contributed by atoms with Crippen LogP contribution in [0.2, 0.25) is 0 Å². The van der Waals surface area contributed by atoms with Gasteiger partial charge in [0, 0.05) is 24.1 Å². The number of aromatic nitrogens is 1. The van der Waals surface area contributed by atoms with Gasteiger partial charge in [0.1, 0.15) is 11.6 Å². The lowest BCUT2D eigenvalue weighted by molar-refractivity contribution is -0.151. The molecule has 184 valence electrons. The van der Waals surface area contributed by atoms with Crippen LogP contribution in [-0.2, 0) is 19.1 Å². The number of carbonyl (C=O) groups is 2. The average Bonchev–Trinajstić information content (AvgIpc) is 3.17. The Bertz CT molecular complexity index is 888. The normalized spacial score (nSPS) is 37.4. The van der Waals surface area contributed by atoms with Gasteiger partial charge in [-0.05, 0) is 38.7 Å². The number of nitrogens with zero attached hydrogens (tertiary/aromatic N) is 1. The van der Waals surface area contributed by atoms with E-state index < -0.39 is 48.0 Å². The molecule has 2 N–H and O–H groups in total. The van der Waals surface area contributed by atoms with Crippen LogP contribution in [0, 0.1) is 18.8 Å². The first-order valence-electron chi connectivity index (χ1n) is 11.5. The lowest BCUT2D eigenvalue weighted by atomic mass is 9.84. The number of esters is 1. The molecule has 2 aliphatic rings. The summed E-state index contributed by atoms with van der Waals surface area (Å²) in [4.78, 5) is 29.2. The molecular weight excluding hydrogens is 449 g/mol. The van der Waals surface area contributed by atoms with Crippen LogP contribution in [0.25, 0.3) is 6.08 Å². The van der Waals surface area contributed by atoms with E-state index in [4.69, 9.17) is 9.47 Å². The first-order chi connectivity index (χ1) is 15.5. The van der Waals surface area contributed by atoms with Crippen molar-refractivity contribution in [2.45, 2.75) is 96.2 Å². The minimum atomic E-state index is -1.26. The highest BCUT2D eigenvalue weighted by Gasteiger charge is 2.53. The Morgan fingerprint density at radius 2 is 2.03 bits per heavy atom. The number of aryl methyl sites for hydroxylation is 1. The molecule has 0 saturated carbocycles. The largest absolute Gasteiger partial charge is 0.455 e. The van der Waals surface area contributed by atoms with E-state index in [0.717, 1.165) is 11.4 Å². The van der Waals surface area contributed by atoms with Crippen LogP contribution in [0.4, 0.5) is 4.39 Å². The molecule has 2 fully saturated rings. The highest BCUT2D eigenvalue weighted by atomic mass is 32.1. The Hall–Kier alpha value is -1.68. The molecule has 0 amide bonds. The highest BCUT2D eigenvalue weighted by molar-refractivity contribution is 7.09. The van der Waals surface area contributed by atoms with Crippen molar-refractivity contribution in [3.63, 3.8) is 0 Å².